The minimum absolute atomic E-state index is 0. The van der Waals surface area contributed by atoms with E-state index < -0.39 is 25.2 Å². The van der Waals surface area contributed by atoms with E-state index in [4.69, 9.17) is 14.2 Å². The zero-order valence-electron chi connectivity index (χ0n) is 45.9. The molecule has 0 unspecified atom stereocenters. The first-order valence-corrected chi connectivity index (χ1v) is 28.2. The molecule has 398 valence electrons. The van der Waals surface area contributed by atoms with Crippen molar-refractivity contribution in [3.8, 4) is 0 Å². The summed E-state index contributed by atoms with van der Waals surface area (Å²) in [5.41, 5.74) is 0.500. The molecule has 1 aliphatic heterocycles. The molecule has 0 atom stereocenters. The van der Waals surface area contributed by atoms with Gasteiger partial charge in [-0.05, 0) is 63.2 Å². The molecule has 0 aromatic rings. The van der Waals surface area contributed by atoms with Crippen LogP contribution in [0.25, 0.3) is 0 Å². The second-order valence-electron chi connectivity index (χ2n) is 20.6. The van der Waals surface area contributed by atoms with E-state index in [1.807, 2.05) is 0 Å². The maximum absolute atomic E-state index is 12.4. The van der Waals surface area contributed by atoms with Crippen molar-refractivity contribution < 1.29 is 81.7 Å². The molecule has 1 aliphatic carbocycles. The molecular formula is C55H103BNNaO11. The van der Waals surface area contributed by atoms with E-state index in [0.29, 0.717) is 43.6 Å². The Bertz CT molecular complexity index is 1180. The largest absolute Gasteiger partial charge is 1.00 e. The predicted molar refractivity (Wildman–Crippen MR) is 275 cm³/mol. The van der Waals surface area contributed by atoms with Gasteiger partial charge in [-0.3, -0.25) is 24.0 Å². The van der Waals surface area contributed by atoms with Crippen LogP contribution < -0.4 is 34.9 Å². The monoisotopic (exact) mass is 988 g/mol. The Morgan fingerprint density at radius 2 is 0.826 bits per heavy atom. The van der Waals surface area contributed by atoms with Gasteiger partial charge in [-0.1, -0.05) is 182 Å². The van der Waals surface area contributed by atoms with Gasteiger partial charge in [-0.15, -0.1) is 0 Å². The van der Waals surface area contributed by atoms with Crippen molar-refractivity contribution in [2.45, 2.75) is 279 Å². The Labute approximate surface area is 444 Å². The molecule has 14 heteroatoms. The van der Waals surface area contributed by atoms with Crippen molar-refractivity contribution >= 4 is 37.2 Å². The second-order valence-corrected chi connectivity index (χ2v) is 20.6. The number of unbranched alkanes of at least 4 members (excludes halogenated alkanes) is 16. The van der Waals surface area contributed by atoms with Gasteiger partial charge in [-0.25, -0.2) is 0 Å². The van der Waals surface area contributed by atoms with Gasteiger partial charge < -0.3 is 33.5 Å². The summed E-state index contributed by atoms with van der Waals surface area (Å²) in [7, 11) is -2.41. The molecule has 0 amide bonds. The van der Waals surface area contributed by atoms with Gasteiger partial charge in [0.2, 0.25) is 0 Å². The van der Waals surface area contributed by atoms with Crippen LogP contribution in [0.15, 0.2) is 0 Å². The first-order chi connectivity index (χ1) is 32.8. The summed E-state index contributed by atoms with van der Waals surface area (Å²) in [6, 6.07) is 1.27. The molecule has 0 aromatic heterocycles. The average Bonchev–Trinajstić information content (AvgIpc) is 3.25. The van der Waals surface area contributed by atoms with Crippen LogP contribution in [0.1, 0.15) is 267 Å². The molecule has 12 nitrogen and oxygen atoms in total. The third-order valence-electron chi connectivity index (χ3n) is 13.9. The Morgan fingerprint density at radius 3 is 1.14 bits per heavy atom. The Morgan fingerprint density at radius 1 is 0.493 bits per heavy atom. The Hall–Kier alpha value is -1.67. The number of carbonyl (C=O) groups excluding carboxylic acids is 5. The van der Waals surface area contributed by atoms with E-state index >= 15 is 0 Å². The topological polar surface area (TPSA) is 153 Å². The SMILES string of the molecule is CC(=O)O[BH-](OC(C)=O)OC(C)=O.CCCCCC(CCCCC)CCOC(=O)CCCCCCCC(CCCCCCCC(=O)OCCC(CCCCC)CCCCC)NC1CC2(COC2)C1.[Na+]. The van der Waals surface area contributed by atoms with Crippen LogP contribution in [0, 0.1) is 17.3 Å². The van der Waals surface area contributed by atoms with Crippen molar-refractivity contribution in [3.05, 3.63) is 0 Å². The molecule has 2 rings (SSSR count). The number of rotatable bonds is 43. The maximum atomic E-state index is 12.4. The van der Waals surface area contributed by atoms with Gasteiger partial charge in [0.25, 0.3) is 17.9 Å². The van der Waals surface area contributed by atoms with Gasteiger partial charge in [0, 0.05) is 51.1 Å². The fourth-order valence-electron chi connectivity index (χ4n) is 9.76. The van der Waals surface area contributed by atoms with Crippen LogP contribution in [-0.2, 0) is 52.1 Å². The minimum atomic E-state index is -2.41. The van der Waals surface area contributed by atoms with Crippen LogP contribution in [0.2, 0.25) is 0 Å². The maximum Gasteiger partial charge on any atom is 1.00 e. The number of nitrogens with one attached hydrogen (secondary N) is 1. The molecule has 2 fully saturated rings. The van der Waals surface area contributed by atoms with Gasteiger partial charge in [0.15, 0.2) is 0 Å². The number of hydrogen-bond donors (Lipinski definition) is 1. The standard InChI is InChI=1S/C49H93NO5.C6H10BO6.Na/c1-5-9-19-27-43(28-20-10-6-2)35-37-54-47(51)33-25-17-13-15-23-31-45(50-46-39-49(40-46)41-53-42-49)32-24-16-14-18-26-34-48(52)55-38-36-44(29-21-11-7-3)30-22-12-8-4;1-4(8)11-7(12-5(2)9)13-6(3)10;/h43-46,50H,5-42H2,1-4H3;7H,1-3H3;/q;-1;+1. The number of carbonyl (C=O) groups is 5. The molecule has 2 aliphatic rings. The van der Waals surface area contributed by atoms with Crippen molar-refractivity contribution in [2.24, 2.45) is 17.3 Å². The normalized spacial score (nSPS) is 13.9. The quantitative estimate of drug-likeness (QED) is 0.0268. The smallest absolute Gasteiger partial charge is 0.625 e. The van der Waals surface area contributed by atoms with Crippen LogP contribution in [0.5, 0.6) is 0 Å². The van der Waals surface area contributed by atoms with Crippen molar-refractivity contribution in [2.75, 3.05) is 26.4 Å². The first kappa shape index (κ1) is 67.3. The van der Waals surface area contributed by atoms with Crippen LogP contribution >= 0.6 is 0 Å². The van der Waals surface area contributed by atoms with E-state index in [9.17, 15) is 24.0 Å². The fraction of sp³-hybridized carbons (Fsp3) is 0.909. The third kappa shape index (κ3) is 38.6. The van der Waals surface area contributed by atoms with Gasteiger partial charge in [0.05, 0.1) is 26.4 Å². The van der Waals surface area contributed by atoms with E-state index in [0.717, 1.165) is 84.3 Å². The van der Waals surface area contributed by atoms with E-state index in [1.165, 1.54) is 167 Å². The third-order valence-corrected chi connectivity index (χ3v) is 13.9. The first-order valence-electron chi connectivity index (χ1n) is 28.2. The number of hydrogen-bond acceptors (Lipinski definition) is 12. The predicted octanol–water partition coefficient (Wildman–Crippen LogP) is 10.4. The molecule has 0 radical (unpaired) electrons. The Balaban J connectivity index is 0.00000287. The summed E-state index contributed by atoms with van der Waals surface area (Å²) in [6.45, 7) is 15.6. The van der Waals surface area contributed by atoms with Crippen LogP contribution in [0.3, 0.4) is 0 Å². The molecular weight excluding hydrogens is 884 g/mol. The molecule has 69 heavy (non-hydrogen) atoms. The van der Waals surface area contributed by atoms with Gasteiger partial charge >= 0.3 is 48.8 Å². The summed E-state index contributed by atoms with van der Waals surface area (Å²) >= 11 is 0. The Kier molecular flexibility index (Phi) is 43.9. The zero-order chi connectivity index (χ0) is 50.1. The summed E-state index contributed by atoms with van der Waals surface area (Å²) < 4.78 is 30.2. The minimum Gasteiger partial charge on any atom is -0.625 e. The van der Waals surface area contributed by atoms with E-state index in [-0.39, 0.29) is 41.5 Å². The van der Waals surface area contributed by atoms with Gasteiger partial charge in [-0.2, -0.15) is 0 Å². The van der Waals surface area contributed by atoms with Crippen molar-refractivity contribution in [3.63, 3.8) is 0 Å². The van der Waals surface area contributed by atoms with Crippen molar-refractivity contribution in [1.29, 1.82) is 0 Å². The molecule has 1 saturated heterocycles. The van der Waals surface area contributed by atoms with Crippen LogP contribution in [0.4, 0.5) is 0 Å². The summed E-state index contributed by atoms with van der Waals surface area (Å²) in [6.07, 6.45) is 40.7. The summed E-state index contributed by atoms with van der Waals surface area (Å²) in [5, 5.41) is 4.04. The van der Waals surface area contributed by atoms with Crippen LogP contribution in [-0.4, -0.2) is 75.7 Å². The summed E-state index contributed by atoms with van der Waals surface area (Å²) in [5.74, 6) is -0.577. The van der Waals surface area contributed by atoms with E-state index in [2.05, 4.69) is 47.0 Å². The molecule has 1 saturated carbocycles. The summed E-state index contributed by atoms with van der Waals surface area (Å²) in [4.78, 5) is 56.1. The molecule has 1 heterocycles. The second kappa shape index (κ2) is 45.0. The molecule has 1 spiro atoms. The van der Waals surface area contributed by atoms with Gasteiger partial charge in [0.1, 0.15) is 0 Å². The number of ether oxygens (including phenoxy) is 3. The molecule has 0 bridgehead atoms. The fourth-order valence-corrected chi connectivity index (χ4v) is 9.76. The van der Waals surface area contributed by atoms with Crippen molar-refractivity contribution in [1.82, 2.24) is 5.32 Å². The molecule has 1 N–H and O–H groups in total. The average molecular weight is 988 g/mol. The zero-order valence-corrected chi connectivity index (χ0v) is 47.9. The molecule has 0 aromatic carbocycles. The number of esters is 2. The van der Waals surface area contributed by atoms with E-state index in [1.54, 1.807) is 0 Å².